The van der Waals surface area contributed by atoms with E-state index in [9.17, 15) is 0 Å². The van der Waals surface area contributed by atoms with Gasteiger partial charge in [0.15, 0.2) is 5.65 Å². The molecule has 9 heteroatoms. The van der Waals surface area contributed by atoms with Crippen LogP contribution in [0.2, 0.25) is 0 Å². The van der Waals surface area contributed by atoms with E-state index < -0.39 is 0 Å². The number of rotatable bonds is 5. The number of nitrogens with zero attached hydrogens (tertiary/aromatic N) is 6. The van der Waals surface area contributed by atoms with Gasteiger partial charge in [0.2, 0.25) is 5.88 Å². The van der Waals surface area contributed by atoms with Crippen molar-refractivity contribution < 1.29 is 4.74 Å². The molecule has 4 heterocycles. The van der Waals surface area contributed by atoms with E-state index in [2.05, 4.69) is 15.1 Å². The summed E-state index contributed by atoms with van der Waals surface area (Å²) in [6.07, 6.45) is 1.70. The highest BCUT2D eigenvalue weighted by molar-refractivity contribution is 5.77. The molecule has 0 amide bonds. The molecule has 0 atom stereocenters. The third-order valence-corrected chi connectivity index (χ3v) is 4.28. The van der Waals surface area contributed by atoms with E-state index in [1.807, 2.05) is 36.7 Å². The highest BCUT2D eigenvalue weighted by atomic mass is 16.5. The standard InChI is InChI=1S/C18H20N8O/c1-11-22-14-4-3-13(12-9-15(19)24-16(20)10-12)23-18(14)26(11)7-8-27-17-5-6-21-25(17)2/h3-6,9-10H,7-8H2,1-2H3,(H4,19,20,24). The number of imidazole rings is 1. The zero-order valence-electron chi connectivity index (χ0n) is 15.1. The van der Waals surface area contributed by atoms with Gasteiger partial charge in [-0.2, -0.15) is 5.10 Å². The second-order valence-corrected chi connectivity index (χ2v) is 6.20. The summed E-state index contributed by atoms with van der Waals surface area (Å²) < 4.78 is 9.50. The number of ether oxygens (including phenoxy) is 1. The lowest BCUT2D eigenvalue weighted by molar-refractivity contribution is 0.274. The Hall–Kier alpha value is -3.62. The maximum Gasteiger partial charge on any atom is 0.211 e. The van der Waals surface area contributed by atoms with Gasteiger partial charge in [-0.15, -0.1) is 0 Å². The predicted octanol–water partition coefficient (Wildman–Crippen LogP) is 1.78. The second-order valence-electron chi connectivity index (χ2n) is 6.20. The number of hydrogen-bond acceptors (Lipinski definition) is 7. The number of aryl methyl sites for hydroxylation is 2. The van der Waals surface area contributed by atoms with Crippen LogP contribution >= 0.6 is 0 Å². The number of fused-ring (bicyclic) bond motifs is 1. The molecule has 0 saturated heterocycles. The first-order chi connectivity index (χ1) is 13.0. The van der Waals surface area contributed by atoms with Crippen LogP contribution in [0.3, 0.4) is 0 Å². The lowest BCUT2D eigenvalue weighted by Crippen LogP contribution is -2.11. The maximum atomic E-state index is 5.81. The highest BCUT2D eigenvalue weighted by Gasteiger charge is 2.12. The van der Waals surface area contributed by atoms with Gasteiger partial charge >= 0.3 is 0 Å². The van der Waals surface area contributed by atoms with Gasteiger partial charge < -0.3 is 20.8 Å². The molecule has 0 unspecified atom stereocenters. The van der Waals surface area contributed by atoms with Crippen molar-refractivity contribution in [2.75, 3.05) is 18.1 Å². The predicted molar refractivity (Wildman–Crippen MR) is 103 cm³/mol. The minimum Gasteiger partial charge on any atom is -0.476 e. The van der Waals surface area contributed by atoms with Crippen molar-refractivity contribution >= 4 is 22.8 Å². The summed E-state index contributed by atoms with van der Waals surface area (Å²) >= 11 is 0. The molecular formula is C18H20N8O. The molecule has 0 aliphatic rings. The Morgan fingerprint density at radius 2 is 1.81 bits per heavy atom. The average molecular weight is 364 g/mol. The summed E-state index contributed by atoms with van der Waals surface area (Å²) in [7, 11) is 1.84. The Morgan fingerprint density at radius 3 is 2.52 bits per heavy atom. The van der Waals surface area contributed by atoms with Crippen LogP contribution in [-0.2, 0) is 13.6 Å². The molecule has 0 radical (unpaired) electrons. The number of nitrogen functional groups attached to an aromatic ring is 2. The minimum atomic E-state index is 0.362. The van der Waals surface area contributed by atoms with Gasteiger partial charge in [-0.3, -0.25) is 0 Å². The van der Waals surface area contributed by atoms with E-state index in [1.54, 1.807) is 23.0 Å². The van der Waals surface area contributed by atoms with Crippen LogP contribution in [-0.4, -0.2) is 35.9 Å². The molecule has 0 aromatic carbocycles. The van der Waals surface area contributed by atoms with Gasteiger partial charge in [-0.25, -0.2) is 19.6 Å². The summed E-state index contributed by atoms with van der Waals surface area (Å²) in [5.74, 6) is 2.31. The smallest absolute Gasteiger partial charge is 0.211 e. The van der Waals surface area contributed by atoms with E-state index in [4.69, 9.17) is 21.2 Å². The number of anilines is 2. The largest absolute Gasteiger partial charge is 0.476 e. The van der Waals surface area contributed by atoms with Crippen LogP contribution in [0, 0.1) is 6.92 Å². The van der Waals surface area contributed by atoms with Crippen LogP contribution in [0.25, 0.3) is 22.4 Å². The summed E-state index contributed by atoms with van der Waals surface area (Å²) in [5.41, 5.74) is 14.8. The SMILES string of the molecule is Cc1nc2ccc(-c3cc(N)nc(N)c3)nc2n1CCOc1ccnn1C. The highest BCUT2D eigenvalue weighted by Crippen LogP contribution is 2.24. The average Bonchev–Trinajstić information content (AvgIpc) is 3.17. The molecular weight excluding hydrogens is 344 g/mol. The van der Waals surface area contributed by atoms with Gasteiger partial charge in [0.25, 0.3) is 0 Å². The molecule has 4 N–H and O–H groups in total. The van der Waals surface area contributed by atoms with Crippen molar-refractivity contribution in [3.05, 3.63) is 42.4 Å². The van der Waals surface area contributed by atoms with E-state index in [-0.39, 0.29) is 0 Å². The zero-order valence-corrected chi connectivity index (χ0v) is 15.1. The van der Waals surface area contributed by atoms with E-state index in [0.717, 1.165) is 28.2 Å². The Labute approximate surface area is 155 Å². The topological polar surface area (TPSA) is 123 Å². The summed E-state index contributed by atoms with van der Waals surface area (Å²) in [6.45, 7) is 3.05. The first-order valence-electron chi connectivity index (χ1n) is 8.49. The molecule has 0 aliphatic carbocycles. The molecule has 4 aromatic rings. The Bertz CT molecular complexity index is 1090. The van der Waals surface area contributed by atoms with Gasteiger partial charge in [0, 0.05) is 18.7 Å². The van der Waals surface area contributed by atoms with Crippen LogP contribution in [0.5, 0.6) is 5.88 Å². The van der Waals surface area contributed by atoms with Gasteiger partial charge in [0.05, 0.1) is 18.4 Å². The Kier molecular flexibility index (Phi) is 4.11. The first kappa shape index (κ1) is 16.8. The summed E-state index contributed by atoms with van der Waals surface area (Å²) in [6, 6.07) is 9.18. The van der Waals surface area contributed by atoms with Crippen molar-refractivity contribution in [2.45, 2.75) is 13.5 Å². The van der Waals surface area contributed by atoms with Crippen molar-refractivity contribution in [1.29, 1.82) is 0 Å². The molecule has 138 valence electrons. The van der Waals surface area contributed by atoms with E-state index in [0.29, 0.717) is 30.7 Å². The van der Waals surface area contributed by atoms with Gasteiger partial charge in [0.1, 0.15) is 29.6 Å². The Balaban J connectivity index is 1.64. The summed E-state index contributed by atoms with van der Waals surface area (Å²) in [4.78, 5) is 13.4. The molecule has 0 spiro atoms. The number of nitrogens with two attached hydrogens (primary N) is 2. The van der Waals surface area contributed by atoms with Crippen LogP contribution in [0.4, 0.5) is 11.6 Å². The third kappa shape index (κ3) is 3.26. The second kappa shape index (κ2) is 6.60. The molecule has 4 aromatic heterocycles. The number of aromatic nitrogens is 6. The molecule has 9 nitrogen and oxygen atoms in total. The molecule has 0 aliphatic heterocycles. The quantitative estimate of drug-likeness (QED) is 0.553. The molecule has 4 rings (SSSR count). The lowest BCUT2D eigenvalue weighted by Gasteiger charge is -2.09. The third-order valence-electron chi connectivity index (χ3n) is 4.28. The van der Waals surface area contributed by atoms with Crippen molar-refractivity contribution in [2.24, 2.45) is 7.05 Å². The molecule has 27 heavy (non-hydrogen) atoms. The minimum absolute atomic E-state index is 0.362. The molecule has 0 saturated carbocycles. The number of pyridine rings is 2. The molecule has 0 fully saturated rings. The fraction of sp³-hybridized carbons (Fsp3) is 0.222. The van der Waals surface area contributed by atoms with Gasteiger partial charge in [-0.05, 0) is 31.2 Å². The fourth-order valence-corrected chi connectivity index (χ4v) is 3.01. The van der Waals surface area contributed by atoms with Crippen LogP contribution in [0.15, 0.2) is 36.5 Å². The maximum absolute atomic E-state index is 5.81. The fourth-order valence-electron chi connectivity index (χ4n) is 3.01. The first-order valence-corrected chi connectivity index (χ1v) is 8.49. The van der Waals surface area contributed by atoms with Crippen molar-refractivity contribution in [1.82, 2.24) is 29.3 Å². The van der Waals surface area contributed by atoms with Crippen molar-refractivity contribution in [3.63, 3.8) is 0 Å². The number of hydrogen-bond donors (Lipinski definition) is 2. The Morgan fingerprint density at radius 1 is 1.04 bits per heavy atom. The monoisotopic (exact) mass is 364 g/mol. The van der Waals surface area contributed by atoms with E-state index in [1.165, 1.54) is 0 Å². The lowest BCUT2D eigenvalue weighted by atomic mass is 10.1. The van der Waals surface area contributed by atoms with Gasteiger partial charge in [-0.1, -0.05) is 0 Å². The van der Waals surface area contributed by atoms with Crippen LogP contribution < -0.4 is 16.2 Å². The van der Waals surface area contributed by atoms with E-state index >= 15 is 0 Å². The molecule has 0 bridgehead atoms. The summed E-state index contributed by atoms with van der Waals surface area (Å²) in [5, 5.41) is 4.09. The van der Waals surface area contributed by atoms with Crippen molar-refractivity contribution in [3.8, 4) is 17.1 Å². The van der Waals surface area contributed by atoms with Crippen LogP contribution in [0.1, 0.15) is 5.82 Å². The normalized spacial score (nSPS) is 11.2. The zero-order chi connectivity index (χ0) is 19.0.